The smallest absolute Gasteiger partial charge is 0.135 e. The zero-order valence-corrected chi connectivity index (χ0v) is 9.03. The Balaban J connectivity index is 0.00000144. The summed E-state index contributed by atoms with van der Waals surface area (Å²) < 4.78 is 0. The maximum atomic E-state index is 5.78. The van der Waals surface area contributed by atoms with Gasteiger partial charge < -0.3 is 5.73 Å². The summed E-state index contributed by atoms with van der Waals surface area (Å²) in [7, 11) is 0. The van der Waals surface area contributed by atoms with Gasteiger partial charge in [-0.3, -0.25) is 0 Å². The van der Waals surface area contributed by atoms with Gasteiger partial charge in [-0.2, -0.15) is 0 Å². The second-order valence-corrected chi connectivity index (χ2v) is 3.02. The lowest BCUT2D eigenvalue weighted by molar-refractivity contribution is 0.904. The van der Waals surface area contributed by atoms with Crippen LogP contribution in [0.3, 0.4) is 0 Å². The molecule has 1 aromatic rings. The van der Waals surface area contributed by atoms with Crippen LogP contribution in [0.4, 0.5) is 0 Å². The number of hydrogen-bond acceptors (Lipinski definition) is 2. The minimum atomic E-state index is -0.290. The highest BCUT2D eigenvalue weighted by atomic mass is 35.5. The molecule has 13 heavy (non-hydrogen) atoms. The van der Waals surface area contributed by atoms with Gasteiger partial charge in [-0.1, -0.05) is 35.3 Å². The molecule has 0 aromatic carbocycles. The fraction of sp³-hybridized carbons (Fsp3) is 0.125. The maximum absolute atomic E-state index is 5.78. The quantitative estimate of drug-likeness (QED) is 0.636. The van der Waals surface area contributed by atoms with Crippen LogP contribution in [0, 0.1) is 0 Å². The molecule has 0 amide bonds. The van der Waals surface area contributed by atoms with Gasteiger partial charge in [0.1, 0.15) is 10.3 Å². The van der Waals surface area contributed by atoms with Crippen molar-refractivity contribution in [1.82, 2.24) is 4.98 Å². The Bertz CT molecular complexity index is 301. The molecule has 0 unspecified atom stereocenters. The molecular formula is C8H9Cl3N2. The molecule has 1 heterocycles. The molecule has 1 rings (SSSR count). The summed E-state index contributed by atoms with van der Waals surface area (Å²) in [6.45, 7) is 3.56. The Hall–Kier alpha value is -0.280. The van der Waals surface area contributed by atoms with Gasteiger partial charge in [-0.25, -0.2) is 4.98 Å². The van der Waals surface area contributed by atoms with Crippen molar-refractivity contribution in [2.75, 3.05) is 0 Å². The number of nitrogens with two attached hydrogens (primary N) is 1. The molecule has 5 heteroatoms. The minimum Gasteiger partial charge on any atom is -0.321 e. The number of nitrogens with zero attached hydrogens (tertiary/aromatic N) is 1. The highest BCUT2D eigenvalue weighted by Gasteiger charge is 2.07. The van der Waals surface area contributed by atoms with Crippen molar-refractivity contribution >= 4 is 35.6 Å². The van der Waals surface area contributed by atoms with Gasteiger partial charge in [-0.15, -0.1) is 19.0 Å². The summed E-state index contributed by atoms with van der Waals surface area (Å²) in [6.07, 6.45) is 1.59. The molecule has 1 atom stereocenters. The van der Waals surface area contributed by atoms with E-state index in [-0.39, 0.29) is 18.4 Å². The van der Waals surface area contributed by atoms with Crippen molar-refractivity contribution in [3.63, 3.8) is 0 Å². The Kier molecular flexibility index (Phi) is 5.33. The topological polar surface area (TPSA) is 38.9 Å². The molecule has 72 valence electrons. The normalized spacial score (nSPS) is 11.6. The van der Waals surface area contributed by atoms with E-state index in [4.69, 9.17) is 28.9 Å². The van der Waals surface area contributed by atoms with Crippen LogP contribution in [-0.4, -0.2) is 4.98 Å². The van der Waals surface area contributed by atoms with Crippen molar-refractivity contribution < 1.29 is 0 Å². The zero-order valence-electron chi connectivity index (χ0n) is 6.71. The van der Waals surface area contributed by atoms with Crippen LogP contribution in [-0.2, 0) is 0 Å². The number of halogens is 3. The van der Waals surface area contributed by atoms with E-state index < -0.39 is 0 Å². The van der Waals surface area contributed by atoms with Crippen LogP contribution >= 0.6 is 35.6 Å². The average molecular weight is 240 g/mol. The third-order valence-corrected chi connectivity index (χ3v) is 1.97. The lowest BCUT2D eigenvalue weighted by atomic mass is 10.1. The van der Waals surface area contributed by atoms with Crippen molar-refractivity contribution in [2.45, 2.75) is 6.04 Å². The number of aromatic nitrogens is 1. The standard InChI is InChI=1S/C8H8Cl2N2.ClH/c1-2-6(11)5-3-4-7(9)12-8(5)10;/h2-4,6H,1,11H2;1H/t6-;/m0./s1. The Labute approximate surface area is 93.2 Å². The molecule has 2 N–H and O–H groups in total. The van der Waals surface area contributed by atoms with Crippen LogP contribution in [0.2, 0.25) is 10.3 Å². The second-order valence-electron chi connectivity index (χ2n) is 2.28. The summed E-state index contributed by atoms with van der Waals surface area (Å²) in [5.74, 6) is 0. The summed E-state index contributed by atoms with van der Waals surface area (Å²) in [5, 5.41) is 0.690. The number of pyridine rings is 1. The van der Waals surface area contributed by atoms with E-state index in [1.807, 2.05) is 0 Å². The van der Waals surface area contributed by atoms with E-state index in [0.29, 0.717) is 10.3 Å². The maximum Gasteiger partial charge on any atom is 0.135 e. The lowest BCUT2D eigenvalue weighted by Gasteiger charge is -2.07. The van der Waals surface area contributed by atoms with Crippen LogP contribution in [0.15, 0.2) is 24.8 Å². The first-order valence-electron chi connectivity index (χ1n) is 3.35. The minimum absolute atomic E-state index is 0. The molecule has 0 aliphatic rings. The van der Waals surface area contributed by atoms with E-state index in [2.05, 4.69) is 11.6 Å². The summed E-state index contributed by atoms with van der Waals surface area (Å²) in [6, 6.07) is 3.10. The molecule has 0 bridgehead atoms. The molecule has 0 saturated carbocycles. The van der Waals surface area contributed by atoms with Gasteiger partial charge in [-0.05, 0) is 6.07 Å². The SMILES string of the molecule is C=C[C@H](N)c1ccc(Cl)nc1Cl.Cl. The number of rotatable bonds is 2. The van der Waals surface area contributed by atoms with Crippen LogP contribution in [0.1, 0.15) is 11.6 Å². The fourth-order valence-electron chi connectivity index (χ4n) is 0.799. The first-order chi connectivity index (χ1) is 5.65. The summed E-state index contributed by atoms with van der Waals surface area (Å²) >= 11 is 11.4. The van der Waals surface area contributed by atoms with Gasteiger partial charge in [0.05, 0.1) is 6.04 Å². The Morgan fingerprint density at radius 1 is 1.46 bits per heavy atom. The van der Waals surface area contributed by atoms with E-state index >= 15 is 0 Å². The molecule has 0 aliphatic carbocycles. The van der Waals surface area contributed by atoms with Crippen molar-refractivity contribution in [3.8, 4) is 0 Å². The van der Waals surface area contributed by atoms with Crippen LogP contribution < -0.4 is 5.73 Å². The number of hydrogen-bond donors (Lipinski definition) is 1. The third-order valence-electron chi connectivity index (χ3n) is 1.46. The lowest BCUT2D eigenvalue weighted by Crippen LogP contribution is -2.07. The molecule has 0 spiro atoms. The van der Waals surface area contributed by atoms with E-state index in [0.717, 1.165) is 5.56 Å². The van der Waals surface area contributed by atoms with Gasteiger partial charge in [0.2, 0.25) is 0 Å². The van der Waals surface area contributed by atoms with Crippen molar-refractivity contribution in [1.29, 1.82) is 0 Å². The average Bonchev–Trinajstić information content (AvgIpc) is 2.03. The highest BCUT2D eigenvalue weighted by molar-refractivity contribution is 6.32. The summed E-state index contributed by atoms with van der Waals surface area (Å²) in [4.78, 5) is 3.85. The first kappa shape index (κ1) is 12.7. The fourth-order valence-corrected chi connectivity index (χ4v) is 1.27. The van der Waals surface area contributed by atoms with Crippen molar-refractivity contribution in [2.24, 2.45) is 5.73 Å². The van der Waals surface area contributed by atoms with Gasteiger partial charge in [0.15, 0.2) is 0 Å². The summed E-state index contributed by atoms with van der Waals surface area (Å²) in [5.41, 5.74) is 6.39. The van der Waals surface area contributed by atoms with Gasteiger partial charge >= 0.3 is 0 Å². The van der Waals surface area contributed by atoms with Crippen LogP contribution in [0.25, 0.3) is 0 Å². The zero-order chi connectivity index (χ0) is 9.14. The van der Waals surface area contributed by atoms with Crippen LogP contribution in [0.5, 0.6) is 0 Å². The largest absolute Gasteiger partial charge is 0.321 e. The van der Waals surface area contributed by atoms with Crippen molar-refractivity contribution in [3.05, 3.63) is 40.7 Å². The molecule has 2 nitrogen and oxygen atoms in total. The molecule has 0 saturated heterocycles. The predicted octanol–water partition coefficient (Wildman–Crippen LogP) is 3.00. The Morgan fingerprint density at radius 3 is 2.54 bits per heavy atom. The van der Waals surface area contributed by atoms with Gasteiger partial charge in [0.25, 0.3) is 0 Å². The van der Waals surface area contributed by atoms with Gasteiger partial charge in [0, 0.05) is 5.56 Å². The molecule has 1 aromatic heterocycles. The first-order valence-corrected chi connectivity index (χ1v) is 4.11. The molecule has 0 aliphatic heterocycles. The molecule has 0 fully saturated rings. The monoisotopic (exact) mass is 238 g/mol. The molecule has 0 radical (unpaired) electrons. The Morgan fingerprint density at radius 2 is 2.08 bits per heavy atom. The third kappa shape index (κ3) is 3.16. The van der Waals surface area contributed by atoms with E-state index in [1.165, 1.54) is 0 Å². The molecular weight excluding hydrogens is 230 g/mol. The van der Waals surface area contributed by atoms with E-state index in [1.54, 1.807) is 18.2 Å². The second kappa shape index (κ2) is 5.45. The van der Waals surface area contributed by atoms with E-state index in [9.17, 15) is 0 Å². The highest BCUT2D eigenvalue weighted by Crippen LogP contribution is 2.21. The predicted molar refractivity (Wildman–Crippen MR) is 58.6 cm³/mol.